The average Bonchev–Trinajstić information content (AvgIpc) is 2.89. The lowest BCUT2D eigenvalue weighted by Gasteiger charge is -2.23. The van der Waals surface area contributed by atoms with Crippen molar-refractivity contribution in [3.63, 3.8) is 0 Å². The van der Waals surface area contributed by atoms with Crippen molar-refractivity contribution < 1.29 is 4.39 Å². The SMILES string of the molecule is CCC(N)(CC)c1nc(-c2ccc(F)cn2)cs1. The molecule has 3 nitrogen and oxygen atoms in total. The van der Waals surface area contributed by atoms with E-state index in [1.165, 1.54) is 23.6 Å². The molecule has 0 saturated heterocycles. The Balaban J connectivity index is 2.33. The maximum Gasteiger partial charge on any atom is 0.141 e. The van der Waals surface area contributed by atoms with Gasteiger partial charge in [-0.2, -0.15) is 0 Å². The van der Waals surface area contributed by atoms with E-state index >= 15 is 0 Å². The van der Waals surface area contributed by atoms with Gasteiger partial charge >= 0.3 is 0 Å². The van der Waals surface area contributed by atoms with Gasteiger partial charge in [-0.05, 0) is 25.0 Å². The molecule has 2 heterocycles. The maximum atomic E-state index is 12.8. The van der Waals surface area contributed by atoms with Crippen LogP contribution in [0.5, 0.6) is 0 Å². The average molecular weight is 265 g/mol. The van der Waals surface area contributed by atoms with Crippen LogP contribution in [0, 0.1) is 5.82 Å². The van der Waals surface area contributed by atoms with Crippen LogP contribution in [0.15, 0.2) is 23.7 Å². The molecule has 0 bridgehead atoms. The highest BCUT2D eigenvalue weighted by atomic mass is 32.1. The minimum atomic E-state index is -0.372. The summed E-state index contributed by atoms with van der Waals surface area (Å²) < 4.78 is 12.8. The highest BCUT2D eigenvalue weighted by molar-refractivity contribution is 7.10. The molecule has 0 aliphatic carbocycles. The smallest absolute Gasteiger partial charge is 0.141 e. The number of aromatic nitrogens is 2. The predicted molar refractivity (Wildman–Crippen MR) is 71.8 cm³/mol. The van der Waals surface area contributed by atoms with Crippen molar-refractivity contribution in [3.05, 3.63) is 34.5 Å². The Labute approximate surface area is 110 Å². The number of hydrogen-bond acceptors (Lipinski definition) is 4. The zero-order chi connectivity index (χ0) is 13.2. The van der Waals surface area contributed by atoms with Gasteiger partial charge in [0.25, 0.3) is 0 Å². The summed E-state index contributed by atoms with van der Waals surface area (Å²) in [6.45, 7) is 4.11. The van der Waals surface area contributed by atoms with Crippen molar-refractivity contribution >= 4 is 11.3 Å². The Morgan fingerprint density at radius 1 is 1.28 bits per heavy atom. The molecule has 5 heteroatoms. The zero-order valence-electron chi connectivity index (χ0n) is 10.5. The Bertz CT molecular complexity index is 517. The minimum Gasteiger partial charge on any atom is -0.319 e. The fourth-order valence-electron chi connectivity index (χ4n) is 1.70. The van der Waals surface area contributed by atoms with E-state index in [1.54, 1.807) is 6.07 Å². The third kappa shape index (κ3) is 2.42. The van der Waals surface area contributed by atoms with Gasteiger partial charge < -0.3 is 5.73 Å². The molecular weight excluding hydrogens is 249 g/mol. The standard InChI is InChI=1S/C13H16FN3S/c1-3-13(15,4-2)12-17-11(8-18-12)10-6-5-9(14)7-16-10/h5-8H,3-4,15H2,1-2H3. The lowest BCUT2D eigenvalue weighted by atomic mass is 9.95. The lowest BCUT2D eigenvalue weighted by molar-refractivity contribution is 0.411. The van der Waals surface area contributed by atoms with Crippen molar-refractivity contribution in [3.8, 4) is 11.4 Å². The topological polar surface area (TPSA) is 51.8 Å². The second-order valence-electron chi connectivity index (χ2n) is 4.26. The number of nitrogens with zero attached hydrogens (tertiary/aromatic N) is 2. The van der Waals surface area contributed by atoms with Gasteiger partial charge in [0, 0.05) is 5.38 Å². The first-order valence-electron chi connectivity index (χ1n) is 5.96. The lowest BCUT2D eigenvalue weighted by Crippen LogP contribution is -2.34. The van der Waals surface area contributed by atoms with Gasteiger partial charge in [0.2, 0.25) is 0 Å². The molecule has 0 atom stereocenters. The Kier molecular flexibility index (Phi) is 3.73. The molecule has 2 rings (SSSR count). The van der Waals surface area contributed by atoms with Crippen LogP contribution in [0.2, 0.25) is 0 Å². The third-order valence-electron chi connectivity index (χ3n) is 3.18. The van der Waals surface area contributed by atoms with Crippen molar-refractivity contribution in [2.45, 2.75) is 32.2 Å². The van der Waals surface area contributed by atoms with E-state index in [1.807, 2.05) is 5.38 Å². The number of hydrogen-bond donors (Lipinski definition) is 1. The van der Waals surface area contributed by atoms with Gasteiger partial charge in [0.15, 0.2) is 0 Å². The molecule has 0 saturated carbocycles. The summed E-state index contributed by atoms with van der Waals surface area (Å²) >= 11 is 1.53. The van der Waals surface area contributed by atoms with Crippen LogP contribution in [0.1, 0.15) is 31.7 Å². The van der Waals surface area contributed by atoms with Gasteiger partial charge in [-0.3, -0.25) is 4.98 Å². The van der Waals surface area contributed by atoms with Gasteiger partial charge in [-0.1, -0.05) is 13.8 Å². The fourth-order valence-corrected chi connectivity index (χ4v) is 2.77. The van der Waals surface area contributed by atoms with E-state index in [0.717, 1.165) is 23.5 Å². The molecule has 2 aromatic rings. The first-order chi connectivity index (χ1) is 8.59. The molecule has 96 valence electrons. The Morgan fingerprint density at radius 3 is 2.56 bits per heavy atom. The van der Waals surface area contributed by atoms with E-state index in [4.69, 9.17) is 5.73 Å². The molecule has 0 aliphatic heterocycles. The Morgan fingerprint density at radius 2 is 2.00 bits per heavy atom. The van der Waals surface area contributed by atoms with Crippen molar-refractivity contribution in [2.24, 2.45) is 5.73 Å². The molecule has 0 amide bonds. The molecule has 0 aromatic carbocycles. The predicted octanol–water partition coefficient (Wildman–Crippen LogP) is 3.32. The molecule has 18 heavy (non-hydrogen) atoms. The number of rotatable bonds is 4. The highest BCUT2D eigenvalue weighted by Crippen LogP contribution is 2.31. The van der Waals surface area contributed by atoms with Gasteiger partial charge in [-0.25, -0.2) is 9.37 Å². The number of nitrogens with two attached hydrogens (primary N) is 1. The van der Waals surface area contributed by atoms with Gasteiger partial charge in [0.05, 0.1) is 23.1 Å². The maximum absolute atomic E-state index is 12.8. The summed E-state index contributed by atoms with van der Waals surface area (Å²) in [5, 5.41) is 2.83. The normalized spacial score (nSPS) is 11.8. The number of thiazole rings is 1. The summed E-state index contributed by atoms with van der Waals surface area (Å²) in [6.07, 6.45) is 2.88. The summed E-state index contributed by atoms with van der Waals surface area (Å²) in [6, 6.07) is 3.01. The summed E-state index contributed by atoms with van der Waals surface area (Å²) in [7, 11) is 0. The second-order valence-corrected chi connectivity index (χ2v) is 5.12. The van der Waals surface area contributed by atoms with Gasteiger partial charge in [-0.15, -0.1) is 11.3 Å². The van der Waals surface area contributed by atoms with Crippen LogP contribution in [0.25, 0.3) is 11.4 Å². The molecule has 0 fully saturated rings. The molecule has 0 spiro atoms. The first-order valence-corrected chi connectivity index (χ1v) is 6.84. The fraction of sp³-hybridized carbons (Fsp3) is 0.385. The van der Waals surface area contributed by atoms with Crippen LogP contribution < -0.4 is 5.73 Å². The van der Waals surface area contributed by atoms with Gasteiger partial charge in [0.1, 0.15) is 10.8 Å². The van der Waals surface area contributed by atoms with Crippen LogP contribution in [-0.2, 0) is 5.54 Å². The van der Waals surface area contributed by atoms with E-state index in [2.05, 4.69) is 23.8 Å². The molecule has 0 radical (unpaired) electrons. The quantitative estimate of drug-likeness (QED) is 0.922. The van der Waals surface area contributed by atoms with Crippen LogP contribution in [-0.4, -0.2) is 9.97 Å². The van der Waals surface area contributed by atoms with Crippen molar-refractivity contribution in [1.82, 2.24) is 9.97 Å². The molecule has 2 N–H and O–H groups in total. The van der Waals surface area contributed by atoms with E-state index in [9.17, 15) is 4.39 Å². The molecule has 2 aromatic heterocycles. The summed E-state index contributed by atoms with van der Waals surface area (Å²) in [4.78, 5) is 8.56. The van der Waals surface area contributed by atoms with Crippen molar-refractivity contribution in [2.75, 3.05) is 0 Å². The number of pyridine rings is 1. The number of halogens is 1. The van der Waals surface area contributed by atoms with Crippen molar-refractivity contribution in [1.29, 1.82) is 0 Å². The molecule has 0 aliphatic rings. The second kappa shape index (κ2) is 5.12. The monoisotopic (exact) mass is 265 g/mol. The summed E-state index contributed by atoms with van der Waals surface area (Å²) in [5.74, 6) is -0.343. The molecular formula is C13H16FN3S. The minimum absolute atomic E-state index is 0.343. The summed E-state index contributed by atoms with van der Waals surface area (Å²) in [5.41, 5.74) is 7.36. The van der Waals surface area contributed by atoms with E-state index in [0.29, 0.717) is 5.69 Å². The van der Waals surface area contributed by atoms with Crippen LogP contribution in [0.3, 0.4) is 0 Å². The zero-order valence-corrected chi connectivity index (χ0v) is 11.3. The van der Waals surface area contributed by atoms with E-state index in [-0.39, 0.29) is 11.4 Å². The largest absolute Gasteiger partial charge is 0.319 e. The van der Waals surface area contributed by atoms with Crippen LogP contribution >= 0.6 is 11.3 Å². The molecule has 0 unspecified atom stereocenters. The first kappa shape index (κ1) is 13.1. The highest BCUT2D eigenvalue weighted by Gasteiger charge is 2.26. The van der Waals surface area contributed by atoms with Crippen LogP contribution in [0.4, 0.5) is 4.39 Å². The third-order valence-corrected chi connectivity index (χ3v) is 4.24. The van der Waals surface area contributed by atoms with E-state index < -0.39 is 0 Å². The Hall–Kier alpha value is -1.33.